The van der Waals surface area contributed by atoms with E-state index in [1.807, 2.05) is 95.9 Å². The molecule has 0 saturated carbocycles. The molecule has 0 atom stereocenters. The second-order valence-electron chi connectivity index (χ2n) is 12.6. The van der Waals surface area contributed by atoms with E-state index in [4.69, 9.17) is 14.8 Å². The quantitative estimate of drug-likeness (QED) is 0.108. The molecule has 8 rings (SSSR count). The molecule has 5 aromatic carbocycles. The summed E-state index contributed by atoms with van der Waals surface area (Å²) in [6, 6.07) is 48.9. The molecule has 53 heavy (non-hydrogen) atoms. The van der Waals surface area contributed by atoms with Crippen LogP contribution in [0.5, 0.6) is 0 Å². The van der Waals surface area contributed by atoms with Gasteiger partial charge in [-0.25, -0.2) is 13.8 Å². The molecule has 262 valence electrons. The normalized spacial score (nSPS) is 12.1. The third-order valence-corrected chi connectivity index (χ3v) is 11.2. The lowest BCUT2D eigenvalue weighted by atomic mass is 9.77. The van der Waals surface area contributed by atoms with E-state index in [2.05, 4.69) is 36.4 Å². The lowest BCUT2D eigenvalue weighted by Gasteiger charge is -2.36. The van der Waals surface area contributed by atoms with Gasteiger partial charge in [-0.15, -0.1) is 0 Å². The number of rotatable bonds is 10. The molecule has 0 fully saturated rings. The fourth-order valence-corrected chi connectivity index (χ4v) is 8.36. The number of aromatic nitrogens is 4. The Labute approximate surface area is 309 Å². The number of benzene rings is 5. The molecular weight excluding hydrogens is 681 g/mol. The Morgan fingerprint density at radius 3 is 1.77 bits per heavy atom. The Morgan fingerprint density at radius 1 is 0.679 bits per heavy atom. The average Bonchev–Trinajstić information content (AvgIpc) is 3.86. The van der Waals surface area contributed by atoms with Gasteiger partial charge in [0.1, 0.15) is 5.54 Å². The molecule has 0 saturated heterocycles. The van der Waals surface area contributed by atoms with Crippen molar-refractivity contribution in [3.8, 4) is 22.3 Å². The number of fused-ring (bicyclic) bond motifs is 1. The van der Waals surface area contributed by atoms with Crippen LogP contribution in [0.1, 0.15) is 34.0 Å². The molecule has 0 radical (unpaired) electrons. The maximum Gasteiger partial charge on any atom is 0.338 e. The van der Waals surface area contributed by atoms with Crippen molar-refractivity contribution in [1.29, 1.82) is 0 Å². The van der Waals surface area contributed by atoms with Crippen LogP contribution in [0, 0.1) is 0 Å². The summed E-state index contributed by atoms with van der Waals surface area (Å²) in [6.45, 7) is 2.07. The predicted octanol–water partition coefficient (Wildman–Crippen LogP) is 10.2. The minimum Gasteiger partial charge on any atom is -0.462 e. The molecule has 8 aromatic rings. The number of esters is 1. The Morgan fingerprint density at radius 2 is 1.23 bits per heavy atom. The number of pyridine rings is 1. The van der Waals surface area contributed by atoms with E-state index in [1.54, 1.807) is 55.7 Å². The first-order valence-electron chi connectivity index (χ1n) is 17.3. The third-order valence-electron chi connectivity index (χ3n) is 9.49. The zero-order valence-electron chi connectivity index (χ0n) is 28.9. The first-order chi connectivity index (χ1) is 25.9. The highest BCUT2D eigenvalue weighted by Crippen LogP contribution is 2.52. The molecule has 0 spiro atoms. The van der Waals surface area contributed by atoms with Crippen molar-refractivity contribution in [1.82, 2.24) is 18.7 Å². The van der Waals surface area contributed by atoms with Crippen LogP contribution in [0.25, 0.3) is 33.3 Å². The zero-order chi connectivity index (χ0) is 36.4. The van der Waals surface area contributed by atoms with Crippen LogP contribution < -0.4 is 0 Å². The van der Waals surface area contributed by atoms with Gasteiger partial charge in [0, 0.05) is 40.7 Å². The van der Waals surface area contributed by atoms with E-state index in [0.29, 0.717) is 28.1 Å². The van der Waals surface area contributed by atoms with E-state index in [-0.39, 0.29) is 5.97 Å². The summed E-state index contributed by atoms with van der Waals surface area (Å²) in [4.78, 5) is 17.5. The zero-order valence-corrected chi connectivity index (χ0v) is 29.7. The van der Waals surface area contributed by atoms with Crippen molar-refractivity contribution in [2.24, 2.45) is 0 Å². The maximum atomic E-state index is 12.3. The topological polar surface area (TPSA) is 102 Å². The van der Waals surface area contributed by atoms with Crippen LogP contribution in [0.15, 0.2) is 181 Å². The van der Waals surface area contributed by atoms with Gasteiger partial charge in [0.15, 0.2) is 5.65 Å². The number of carbonyl (C=O) groups excluding carboxylic acids is 1. The fraction of sp³-hybridized carbons (Fsp3) is 0.0682. The molecule has 3 aromatic heterocycles. The van der Waals surface area contributed by atoms with Crippen LogP contribution in [-0.4, -0.2) is 40.4 Å². The van der Waals surface area contributed by atoms with Gasteiger partial charge in [0.25, 0.3) is 0 Å². The van der Waals surface area contributed by atoms with Crippen LogP contribution >= 0.6 is 10.8 Å². The molecule has 0 bridgehead atoms. The highest BCUT2D eigenvalue weighted by molar-refractivity contribution is 8.23. The second kappa shape index (κ2) is 14.0. The first-order valence-corrected chi connectivity index (χ1v) is 18.8. The van der Waals surface area contributed by atoms with Gasteiger partial charge in [-0.3, -0.25) is 13.8 Å². The summed E-state index contributed by atoms with van der Waals surface area (Å²) >= 11 is 0. The number of nitrogens with zero attached hydrogens (tertiary/aromatic N) is 4. The Bertz CT molecular complexity index is 2400. The summed E-state index contributed by atoms with van der Waals surface area (Å²) in [5.41, 5.74) is 6.24. The number of ether oxygens (including phenoxy) is 1. The van der Waals surface area contributed by atoms with Crippen molar-refractivity contribution >= 4 is 27.8 Å². The molecular formula is C44H36N4O4S. The molecule has 2 N–H and O–H groups in total. The van der Waals surface area contributed by atoms with Crippen molar-refractivity contribution in [3.63, 3.8) is 0 Å². The first kappa shape index (κ1) is 33.9. The smallest absolute Gasteiger partial charge is 0.338 e. The standard InChI is InChI=1S/C44H36N4O4S/c1-2-52-43(49)33-25-23-32(24-26-33)34-27-40-41(31-47(42(40)45-28-34)53(50,51)39-21-13-6-14-22-39)35-29-46-48(30-35)44(36-15-7-3-8-16-36,37-17-9-4-10-18-37)38-19-11-5-12-20-38/h3-31,50-51H,2H2,1H3. The molecule has 9 heteroatoms. The Hall–Kier alpha value is -6.26. The fourth-order valence-electron chi connectivity index (χ4n) is 6.97. The van der Waals surface area contributed by atoms with Gasteiger partial charge in [-0.2, -0.15) is 5.10 Å². The van der Waals surface area contributed by atoms with E-state index >= 15 is 0 Å². The largest absolute Gasteiger partial charge is 0.462 e. The highest BCUT2D eigenvalue weighted by Gasteiger charge is 2.39. The van der Waals surface area contributed by atoms with Crippen molar-refractivity contribution in [2.45, 2.75) is 17.4 Å². The molecule has 0 unspecified atom stereocenters. The average molecular weight is 717 g/mol. The van der Waals surface area contributed by atoms with E-state index < -0.39 is 16.3 Å². The third kappa shape index (κ3) is 6.00. The van der Waals surface area contributed by atoms with E-state index in [1.165, 1.54) is 3.97 Å². The molecule has 0 aliphatic rings. The van der Waals surface area contributed by atoms with E-state index in [9.17, 15) is 13.9 Å². The van der Waals surface area contributed by atoms with E-state index in [0.717, 1.165) is 38.9 Å². The summed E-state index contributed by atoms with van der Waals surface area (Å²) in [5, 5.41) is 5.78. The molecule has 0 amide bonds. The van der Waals surface area contributed by atoms with Crippen LogP contribution in [-0.2, 0) is 10.3 Å². The highest BCUT2D eigenvalue weighted by atomic mass is 32.3. The summed E-state index contributed by atoms with van der Waals surface area (Å²) in [6.07, 6.45) is 7.29. The Balaban J connectivity index is 1.34. The lowest BCUT2D eigenvalue weighted by molar-refractivity contribution is 0.0526. The van der Waals surface area contributed by atoms with Crippen molar-refractivity contribution < 1.29 is 18.6 Å². The van der Waals surface area contributed by atoms with Gasteiger partial charge in [0.05, 0.1) is 23.3 Å². The SMILES string of the molecule is CCOC(=O)c1ccc(-c2cnc3c(c2)c(-c2cnn(C(c4ccccc4)(c4ccccc4)c4ccccc4)c2)cn3S(O)(O)c2ccccc2)cc1. The van der Waals surface area contributed by atoms with Crippen LogP contribution in [0.3, 0.4) is 0 Å². The number of carbonyl (C=O) groups is 1. The summed E-state index contributed by atoms with van der Waals surface area (Å²) < 4.78 is 32.2. The van der Waals surface area contributed by atoms with Crippen molar-refractivity contribution in [2.75, 3.05) is 6.61 Å². The van der Waals surface area contributed by atoms with Gasteiger partial charge in [-0.1, -0.05) is 132 Å². The van der Waals surface area contributed by atoms with Gasteiger partial charge in [-0.05, 0) is 59.5 Å². The predicted molar refractivity (Wildman–Crippen MR) is 210 cm³/mol. The molecule has 8 nitrogen and oxygen atoms in total. The van der Waals surface area contributed by atoms with Gasteiger partial charge in [0.2, 0.25) is 0 Å². The van der Waals surface area contributed by atoms with Crippen LogP contribution in [0.2, 0.25) is 0 Å². The minimum absolute atomic E-state index is 0.295. The minimum atomic E-state index is -3.53. The van der Waals surface area contributed by atoms with Crippen LogP contribution in [0.4, 0.5) is 0 Å². The summed E-state index contributed by atoms with van der Waals surface area (Å²) in [5.74, 6) is -0.382. The van der Waals surface area contributed by atoms with Crippen molar-refractivity contribution in [3.05, 3.63) is 199 Å². The number of hydrogen-bond acceptors (Lipinski definition) is 6. The molecule has 0 aliphatic carbocycles. The monoisotopic (exact) mass is 716 g/mol. The molecule has 0 aliphatic heterocycles. The molecule has 3 heterocycles. The second-order valence-corrected chi connectivity index (χ2v) is 14.5. The maximum absolute atomic E-state index is 12.3. The summed E-state index contributed by atoms with van der Waals surface area (Å²) in [7, 11) is -3.53. The van der Waals surface area contributed by atoms with Gasteiger partial charge < -0.3 is 4.74 Å². The Kier molecular flexibility index (Phi) is 8.97. The van der Waals surface area contributed by atoms with Gasteiger partial charge >= 0.3 is 5.97 Å². The lowest BCUT2D eigenvalue weighted by Crippen LogP contribution is -2.38. The number of hydrogen-bond donors (Lipinski definition) is 2.